The molecule has 2 aromatic carbocycles. The van der Waals surface area contributed by atoms with Crippen molar-refractivity contribution >= 4 is 21.7 Å². The minimum atomic E-state index is -0.515. The number of hydrogen-bond acceptors (Lipinski definition) is 2. The van der Waals surface area contributed by atoms with Gasteiger partial charge in [0.05, 0.1) is 5.56 Å². The van der Waals surface area contributed by atoms with Crippen LogP contribution in [0.15, 0.2) is 46.9 Å². The number of halogens is 2. The first-order valence-electron chi connectivity index (χ1n) is 5.90. The van der Waals surface area contributed by atoms with Crippen molar-refractivity contribution in [2.24, 2.45) is 5.73 Å². The van der Waals surface area contributed by atoms with Crippen LogP contribution in [0.25, 0.3) is 0 Å². The van der Waals surface area contributed by atoms with E-state index in [0.717, 1.165) is 12.0 Å². The Kier molecular flexibility index (Phi) is 4.45. The molecule has 0 heterocycles. The Morgan fingerprint density at radius 2 is 1.84 bits per heavy atom. The lowest BCUT2D eigenvalue weighted by Gasteiger charge is -2.05. The third-order valence-electron chi connectivity index (χ3n) is 2.82. The minimum absolute atomic E-state index is 0.0703. The number of carbonyl (C=O) groups excluding carboxylic acids is 1. The molecule has 0 spiro atoms. The van der Waals surface area contributed by atoms with Crippen LogP contribution in [0.3, 0.4) is 0 Å². The quantitative estimate of drug-likeness (QED) is 0.878. The molecule has 0 aromatic heterocycles. The number of benzene rings is 2. The summed E-state index contributed by atoms with van der Waals surface area (Å²) in [5, 5.41) is 0. The molecule has 0 fully saturated rings. The van der Waals surface area contributed by atoms with Gasteiger partial charge in [-0.05, 0) is 36.7 Å². The first-order chi connectivity index (χ1) is 9.11. The third-order valence-corrected chi connectivity index (χ3v) is 3.32. The smallest absolute Gasteiger partial charge is 0.196 e. The van der Waals surface area contributed by atoms with Gasteiger partial charge in [-0.3, -0.25) is 4.79 Å². The first-order valence-corrected chi connectivity index (χ1v) is 6.70. The second kappa shape index (κ2) is 6.08. The van der Waals surface area contributed by atoms with Gasteiger partial charge in [0.2, 0.25) is 0 Å². The van der Waals surface area contributed by atoms with E-state index in [1.807, 2.05) is 12.1 Å². The van der Waals surface area contributed by atoms with E-state index in [4.69, 9.17) is 5.73 Å². The van der Waals surface area contributed by atoms with E-state index in [1.165, 1.54) is 12.1 Å². The Hall–Kier alpha value is -1.52. The highest BCUT2D eigenvalue weighted by Gasteiger charge is 2.14. The van der Waals surface area contributed by atoms with Gasteiger partial charge >= 0.3 is 0 Å². The van der Waals surface area contributed by atoms with Gasteiger partial charge in [0.15, 0.2) is 5.78 Å². The summed E-state index contributed by atoms with van der Waals surface area (Å²) in [4.78, 5) is 12.2. The molecule has 0 saturated heterocycles. The van der Waals surface area contributed by atoms with Gasteiger partial charge in [0.1, 0.15) is 5.82 Å². The van der Waals surface area contributed by atoms with Crippen molar-refractivity contribution in [2.45, 2.75) is 6.42 Å². The van der Waals surface area contributed by atoms with Crippen LogP contribution in [0.4, 0.5) is 4.39 Å². The van der Waals surface area contributed by atoms with E-state index in [1.54, 1.807) is 18.2 Å². The predicted octanol–water partition coefficient (Wildman–Crippen LogP) is 3.32. The maximum Gasteiger partial charge on any atom is 0.196 e. The molecule has 0 unspecified atom stereocenters. The lowest BCUT2D eigenvalue weighted by molar-refractivity contribution is 0.103. The minimum Gasteiger partial charge on any atom is -0.330 e. The van der Waals surface area contributed by atoms with Crippen molar-refractivity contribution in [1.29, 1.82) is 0 Å². The van der Waals surface area contributed by atoms with E-state index in [2.05, 4.69) is 15.9 Å². The van der Waals surface area contributed by atoms with E-state index >= 15 is 0 Å². The maximum atomic E-state index is 13.6. The molecule has 2 N–H and O–H groups in total. The zero-order valence-electron chi connectivity index (χ0n) is 10.2. The van der Waals surface area contributed by atoms with Gasteiger partial charge in [-0.1, -0.05) is 40.2 Å². The molecule has 2 aromatic rings. The molecule has 0 aliphatic heterocycles. The molecular formula is C15H13BrFNO. The van der Waals surface area contributed by atoms with Crippen LogP contribution in [-0.2, 0) is 6.42 Å². The fourth-order valence-electron chi connectivity index (χ4n) is 1.82. The van der Waals surface area contributed by atoms with Gasteiger partial charge in [0, 0.05) is 10.0 Å². The summed E-state index contributed by atoms with van der Waals surface area (Å²) in [6, 6.07) is 11.4. The molecular weight excluding hydrogens is 309 g/mol. The number of hydrogen-bond donors (Lipinski definition) is 1. The lowest BCUT2D eigenvalue weighted by Crippen LogP contribution is -2.06. The Labute approximate surface area is 119 Å². The average molecular weight is 322 g/mol. The summed E-state index contributed by atoms with van der Waals surface area (Å²) in [5.74, 6) is -0.836. The van der Waals surface area contributed by atoms with Gasteiger partial charge < -0.3 is 5.73 Å². The van der Waals surface area contributed by atoms with Crippen molar-refractivity contribution in [3.05, 3.63) is 69.4 Å². The highest BCUT2D eigenvalue weighted by atomic mass is 79.9. The van der Waals surface area contributed by atoms with Crippen LogP contribution >= 0.6 is 15.9 Å². The molecule has 0 atom stereocenters. The van der Waals surface area contributed by atoms with Gasteiger partial charge in [-0.25, -0.2) is 4.39 Å². The number of rotatable bonds is 4. The second-order valence-corrected chi connectivity index (χ2v) is 5.10. The van der Waals surface area contributed by atoms with Crippen LogP contribution < -0.4 is 5.73 Å². The summed E-state index contributed by atoms with van der Waals surface area (Å²) in [7, 11) is 0. The van der Waals surface area contributed by atoms with E-state index < -0.39 is 5.82 Å². The van der Waals surface area contributed by atoms with Crippen molar-refractivity contribution in [1.82, 2.24) is 0 Å². The van der Waals surface area contributed by atoms with Crippen molar-refractivity contribution in [3.8, 4) is 0 Å². The van der Waals surface area contributed by atoms with Crippen LogP contribution in [0.2, 0.25) is 0 Å². The molecule has 98 valence electrons. The third kappa shape index (κ3) is 3.28. The Morgan fingerprint density at radius 3 is 2.47 bits per heavy atom. The first kappa shape index (κ1) is 13.9. The molecule has 2 nitrogen and oxygen atoms in total. The van der Waals surface area contributed by atoms with Crippen molar-refractivity contribution in [3.63, 3.8) is 0 Å². The lowest BCUT2D eigenvalue weighted by atomic mass is 10.0. The maximum absolute atomic E-state index is 13.6. The van der Waals surface area contributed by atoms with Gasteiger partial charge in [-0.15, -0.1) is 0 Å². The molecule has 0 amide bonds. The molecule has 0 radical (unpaired) electrons. The van der Waals surface area contributed by atoms with Crippen LogP contribution in [-0.4, -0.2) is 12.3 Å². The highest BCUT2D eigenvalue weighted by Crippen LogP contribution is 2.19. The van der Waals surface area contributed by atoms with Crippen LogP contribution in [0, 0.1) is 5.82 Å². The number of ketones is 1. The summed E-state index contributed by atoms with van der Waals surface area (Å²) in [6.45, 7) is 0.563. The van der Waals surface area contributed by atoms with E-state index in [0.29, 0.717) is 16.6 Å². The molecule has 2 rings (SSSR count). The Balaban J connectivity index is 2.30. The van der Waals surface area contributed by atoms with Gasteiger partial charge in [0.25, 0.3) is 0 Å². The number of carbonyl (C=O) groups is 1. The monoisotopic (exact) mass is 321 g/mol. The van der Waals surface area contributed by atoms with Crippen LogP contribution in [0.5, 0.6) is 0 Å². The summed E-state index contributed by atoms with van der Waals surface area (Å²) < 4.78 is 14.3. The Bertz CT molecular complexity index is 596. The molecule has 0 saturated carbocycles. The topological polar surface area (TPSA) is 43.1 Å². The van der Waals surface area contributed by atoms with E-state index in [-0.39, 0.29) is 11.3 Å². The SMILES string of the molecule is NCCc1ccc(C(=O)c2cc(Br)ccc2F)cc1. The molecule has 4 heteroatoms. The Morgan fingerprint density at radius 1 is 1.16 bits per heavy atom. The standard InChI is InChI=1S/C15H13BrFNO/c16-12-5-6-14(17)13(9-12)15(19)11-3-1-10(2-4-11)7-8-18/h1-6,9H,7-8,18H2. The molecule has 0 aliphatic carbocycles. The normalized spacial score (nSPS) is 10.5. The second-order valence-electron chi connectivity index (χ2n) is 4.19. The molecule has 19 heavy (non-hydrogen) atoms. The number of nitrogens with two attached hydrogens (primary N) is 1. The summed E-state index contributed by atoms with van der Waals surface area (Å²) in [6.07, 6.45) is 0.764. The molecule has 0 aliphatic rings. The fourth-order valence-corrected chi connectivity index (χ4v) is 2.18. The van der Waals surface area contributed by atoms with Crippen molar-refractivity contribution in [2.75, 3.05) is 6.54 Å². The summed E-state index contributed by atoms with van der Waals surface area (Å²) >= 11 is 3.24. The van der Waals surface area contributed by atoms with E-state index in [9.17, 15) is 9.18 Å². The highest BCUT2D eigenvalue weighted by molar-refractivity contribution is 9.10. The largest absolute Gasteiger partial charge is 0.330 e. The van der Waals surface area contributed by atoms with Crippen LogP contribution in [0.1, 0.15) is 21.5 Å². The summed E-state index contributed by atoms with van der Waals surface area (Å²) in [5.41, 5.74) is 7.07. The predicted molar refractivity (Wildman–Crippen MR) is 76.7 cm³/mol. The molecule has 0 bridgehead atoms. The zero-order valence-corrected chi connectivity index (χ0v) is 11.8. The zero-order chi connectivity index (χ0) is 13.8. The fraction of sp³-hybridized carbons (Fsp3) is 0.133. The average Bonchev–Trinajstić information content (AvgIpc) is 2.42. The van der Waals surface area contributed by atoms with Gasteiger partial charge in [-0.2, -0.15) is 0 Å². The van der Waals surface area contributed by atoms with Crippen molar-refractivity contribution < 1.29 is 9.18 Å².